The molecular formula is C12H23NO. The second kappa shape index (κ2) is 5.72. The summed E-state index contributed by atoms with van der Waals surface area (Å²) in [6.07, 6.45) is 10.1. The standard InChI is InChI=1S/C12H23NO/c1-2-4-6-11(7-5-3-1)12-10-14-9-8-13-12/h11-13H,1-10H2. The molecule has 2 heteroatoms. The molecule has 0 aromatic rings. The second-order valence-electron chi connectivity index (χ2n) is 4.74. The minimum atomic E-state index is 0.654. The number of nitrogens with one attached hydrogen (secondary N) is 1. The van der Waals surface area contributed by atoms with Crippen LogP contribution in [0.15, 0.2) is 0 Å². The van der Waals surface area contributed by atoms with Crippen LogP contribution >= 0.6 is 0 Å². The van der Waals surface area contributed by atoms with E-state index in [1.165, 1.54) is 44.9 Å². The Labute approximate surface area is 87.4 Å². The Bertz CT molecular complexity index is 146. The zero-order valence-electron chi connectivity index (χ0n) is 9.13. The van der Waals surface area contributed by atoms with E-state index in [9.17, 15) is 0 Å². The predicted molar refractivity (Wildman–Crippen MR) is 58.4 cm³/mol. The van der Waals surface area contributed by atoms with Crippen LogP contribution in [0.3, 0.4) is 0 Å². The first-order valence-corrected chi connectivity index (χ1v) is 6.28. The third kappa shape index (κ3) is 2.96. The highest BCUT2D eigenvalue weighted by Crippen LogP contribution is 2.25. The van der Waals surface area contributed by atoms with Gasteiger partial charge in [0.15, 0.2) is 0 Å². The lowest BCUT2D eigenvalue weighted by molar-refractivity contribution is 0.0512. The van der Waals surface area contributed by atoms with Gasteiger partial charge in [0.05, 0.1) is 13.2 Å². The third-order valence-corrected chi connectivity index (χ3v) is 3.67. The fraction of sp³-hybridized carbons (Fsp3) is 1.00. The first kappa shape index (κ1) is 10.4. The Morgan fingerprint density at radius 2 is 1.64 bits per heavy atom. The smallest absolute Gasteiger partial charge is 0.0622 e. The molecular weight excluding hydrogens is 174 g/mol. The fourth-order valence-corrected chi connectivity index (χ4v) is 2.78. The molecule has 0 bridgehead atoms. The maximum atomic E-state index is 5.54. The van der Waals surface area contributed by atoms with Gasteiger partial charge in [0.1, 0.15) is 0 Å². The highest BCUT2D eigenvalue weighted by atomic mass is 16.5. The van der Waals surface area contributed by atoms with Crippen LogP contribution in [0.5, 0.6) is 0 Å². The molecule has 1 saturated heterocycles. The molecule has 1 saturated carbocycles. The normalized spacial score (nSPS) is 32.1. The predicted octanol–water partition coefficient (Wildman–Crippen LogP) is 2.34. The van der Waals surface area contributed by atoms with E-state index in [1.807, 2.05) is 0 Å². The number of morpholine rings is 1. The summed E-state index contributed by atoms with van der Waals surface area (Å²) in [4.78, 5) is 0. The van der Waals surface area contributed by atoms with Crippen molar-refractivity contribution in [3.63, 3.8) is 0 Å². The van der Waals surface area contributed by atoms with Crippen molar-refractivity contribution in [2.45, 2.75) is 51.0 Å². The van der Waals surface area contributed by atoms with Gasteiger partial charge in [0, 0.05) is 12.6 Å². The number of hydrogen-bond donors (Lipinski definition) is 1. The quantitative estimate of drug-likeness (QED) is 0.696. The third-order valence-electron chi connectivity index (χ3n) is 3.67. The van der Waals surface area contributed by atoms with Gasteiger partial charge in [-0.05, 0) is 18.8 Å². The van der Waals surface area contributed by atoms with Crippen molar-refractivity contribution in [1.82, 2.24) is 5.32 Å². The van der Waals surface area contributed by atoms with Gasteiger partial charge in [-0.1, -0.05) is 32.1 Å². The summed E-state index contributed by atoms with van der Waals surface area (Å²) >= 11 is 0. The van der Waals surface area contributed by atoms with Gasteiger partial charge in [0.25, 0.3) is 0 Å². The highest BCUT2D eigenvalue weighted by molar-refractivity contribution is 4.79. The molecule has 82 valence electrons. The summed E-state index contributed by atoms with van der Waals surface area (Å²) in [5.41, 5.74) is 0. The summed E-state index contributed by atoms with van der Waals surface area (Å²) in [5, 5.41) is 3.61. The first-order chi connectivity index (χ1) is 6.97. The van der Waals surface area contributed by atoms with Crippen molar-refractivity contribution in [2.24, 2.45) is 5.92 Å². The van der Waals surface area contributed by atoms with Crippen molar-refractivity contribution in [3.05, 3.63) is 0 Å². The topological polar surface area (TPSA) is 21.3 Å². The average Bonchev–Trinajstić information content (AvgIpc) is 2.18. The van der Waals surface area contributed by atoms with Gasteiger partial charge in [-0.2, -0.15) is 0 Å². The van der Waals surface area contributed by atoms with Crippen molar-refractivity contribution in [3.8, 4) is 0 Å². The first-order valence-electron chi connectivity index (χ1n) is 6.28. The number of ether oxygens (including phenoxy) is 1. The average molecular weight is 197 g/mol. The second-order valence-corrected chi connectivity index (χ2v) is 4.74. The summed E-state index contributed by atoms with van der Waals surface area (Å²) in [5.74, 6) is 0.885. The Balaban J connectivity index is 1.80. The van der Waals surface area contributed by atoms with Crippen LogP contribution in [0.2, 0.25) is 0 Å². The van der Waals surface area contributed by atoms with Crippen LogP contribution < -0.4 is 5.32 Å². The molecule has 2 aliphatic rings. The van der Waals surface area contributed by atoms with E-state index < -0.39 is 0 Å². The van der Waals surface area contributed by atoms with Crippen LogP contribution in [0, 0.1) is 5.92 Å². The molecule has 1 aliphatic carbocycles. The Morgan fingerprint density at radius 3 is 2.29 bits per heavy atom. The van der Waals surface area contributed by atoms with Crippen molar-refractivity contribution >= 4 is 0 Å². The van der Waals surface area contributed by atoms with E-state index in [1.54, 1.807) is 0 Å². The number of hydrogen-bond acceptors (Lipinski definition) is 2. The molecule has 1 N–H and O–H groups in total. The molecule has 0 spiro atoms. The van der Waals surface area contributed by atoms with Gasteiger partial charge >= 0.3 is 0 Å². The maximum absolute atomic E-state index is 5.54. The zero-order chi connectivity index (χ0) is 9.64. The van der Waals surface area contributed by atoms with Crippen LogP contribution in [0.1, 0.15) is 44.9 Å². The summed E-state index contributed by atoms with van der Waals surface area (Å²) in [6, 6.07) is 0.654. The van der Waals surface area contributed by atoms with Gasteiger partial charge in [-0.3, -0.25) is 0 Å². The van der Waals surface area contributed by atoms with Gasteiger partial charge in [-0.25, -0.2) is 0 Å². The molecule has 1 heterocycles. The van der Waals surface area contributed by atoms with Crippen LogP contribution in [-0.2, 0) is 4.74 Å². The molecule has 0 aromatic carbocycles. The highest BCUT2D eigenvalue weighted by Gasteiger charge is 2.23. The SMILES string of the molecule is C1CCCC(C2COCCN2)CCC1. The number of rotatable bonds is 1. The van der Waals surface area contributed by atoms with Gasteiger partial charge in [-0.15, -0.1) is 0 Å². The van der Waals surface area contributed by atoms with Crippen LogP contribution in [-0.4, -0.2) is 25.8 Å². The monoisotopic (exact) mass is 197 g/mol. The van der Waals surface area contributed by atoms with Crippen LogP contribution in [0.25, 0.3) is 0 Å². The lowest BCUT2D eigenvalue weighted by Gasteiger charge is -2.32. The Hall–Kier alpha value is -0.0800. The summed E-state index contributed by atoms with van der Waals surface area (Å²) < 4.78 is 5.54. The molecule has 2 fully saturated rings. The minimum absolute atomic E-state index is 0.654. The van der Waals surface area contributed by atoms with E-state index in [2.05, 4.69) is 5.32 Å². The molecule has 2 rings (SSSR count). The molecule has 14 heavy (non-hydrogen) atoms. The Kier molecular flexibility index (Phi) is 4.26. The lowest BCUT2D eigenvalue weighted by Crippen LogP contribution is -2.46. The van der Waals surface area contributed by atoms with E-state index in [0.29, 0.717) is 6.04 Å². The van der Waals surface area contributed by atoms with Crippen LogP contribution in [0.4, 0.5) is 0 Å². The Morgan fingerprint density at radius 1 is 0.929 bits per heavy atom. The minimum Gasteiger partial charge on any atom is -0.379 e. The molecule has 0 radical (unpaired) electrons. The van der Waals surface area contributed by atoms with E-state index >= 15 is 0 Å². The maximum Gasteiger partial charge on any atom is 0.0622 e. The van der Waals surface area contributed by atoms with E-state index in [0.717, 1.165) is 25.7 Å². The molecule has 0 aromatic heterocycles. The summed E-state index contributed by atoms with van der Waals surface area (Å²) in [6.45, 7) is 2.91. The van der Waals surface area contributed by atoms with Gasteiger partial charge < -0.3 is 10.1 Å². The van der Waals surface area contributed by atoms with Gasteiger partial charge in [0.2, 0.25) is 0 Å². The molecule has 1 aliphatic heterocycles. The molecule has 1 unspecified atom stereocenters. The molecule has 2 nitrogen and oxygen atoms in total. The fourth-order valence-electron chi connectivity index (χ4n) is 2.78. The van der Waals surface area contributed by atoms with Crippen molar-refractivity contribution in [1.29, 1.82) is 0 Å². The van der Waals surface area contributed by atoms with E-state index in [-0.39, 0.29) is 0 Å². The summed E-state index contributed by atoms with van der Waals surface area (Å²) in [7, 11) is 0. The molecule has 1 atom stereocenters. The van der Waals surface area contributed by atoms with Crippen molar-refractivity contribution < 1.29 is 4.74 Å². The van der Waals surface area contributed by atoms with E-state index in [4.69, 9.17) is 4.74 Å². The zero-order valence-corrected chi connectivity index (χ0v) is 9.13. The largest absolute Gasteiger partial charge is 0.379 e. The lowest BCUT2D eigenvalue weighted by atomic mass is 9.86. The van der Waals surface area contributed by atoms with Crippen molar-refractivity contribution in [2.75, 3.05) is 19.8 Å². The molecule has 0 amide bonds.